The number of rotatable bonds is 8. The van der Waals surface area contributed by atoms with E-state index in [4.69, 9.17) is 4.74 Å². The zero-order chi connectivity index (χ0) is 15.0. The van der Waals surface area contributed by atoms with Gasteiger partial charge >= 0.3 is 11.9 Å². The number of nitrogens with zero attached hydrogens (tertiary/aromatic N) is 1. The number of aryl methyl sites for hydroxylation is 1. The molecule has 1 aromatic rings. The molecule has 1 aromatic heterocycles. The summed E-state index contributed by atoms with van der Waals surface area (Å²) in [6.07, 6.45) is 4.95. The maximum absolute atomic E-state index is 12.1. The molecular formula is C15H21NO4. The molecule has 5 nitrogen and oxygen atoms in total. The summed E-state index contributed by atoms with van der Waals surface area (Å²) in [6, 6.07) is 3.65. The summed E-state index contributed by atoms with van der Waals surface area (Å²) in [4.78, 5) is 27.7. The summed E-state index contributed by atoms with van der Waals surface area (Å²) in [5, 5.41) is 9.52. The molecule has 0 amide bonds. The number of carboxylic acids is 1. The molecule has 1 unspecified atom stereocenters. The van der Waals surface area contributed by atoms with Crippen molar-refractivity contribution in [3.63, 3.8) is 0 Å². The Morgan fingerprint density at radius 2 is 1.90 bits per heavy atom. The van der Waals surface area contributed by atoms with Crippen molar-refractivity contribution < 1.29 is 19.4 Å². The summed E-state index contributed by atoms with van der Waals surface area (Å²) >= 11 is 0. The number of carbonyl (C=O) groups excluding carboxylic acids is 1. The molecule has 0 saturated heterocycles. The molecule has 1 N–H and O–H groups in total. The molecule has 0 fully saturated rings. The maximum Gasteiger partial charge on any atom is 0.323 e. The van der Waals surface area contributed by atoms with Crippen LogP contribution < -0.4 is 0 Å². The van der Waals surface area contributed by atoms with E-state index in [0.29, 0.717) is 12.8 Å². The molecule has 0 radical (unpaired) electrons. The third-order valence-corrected chi connectivity index (χ3v) is 3.34. The van der Waals surface area contributed by atoms with E-state index < -0.39 is 17.4 Å². The van der Waals surface area contributed by atoms with E-state index in [1.807, 2.05) is 19.1 Å². The predicted molar refractivity (Wildman–Crippen MR) is 74.2 cm³/mol. The van der Waals surface area contributed by atoms with Gasteiger partial charge in [-0.15, -0.1) is 0 Å². The molecule has 0 aliphatic heterocycles. The number of carbonyl (C=O) groups is 2. The third-order valence-electron chi connectivity index (χ3n) is 3.34. The van der Waals surface area contributed by atoms with Crippen molar-refractivity contribution in [3.05, 3.63) is 30.1 Å². The van der Waals surface area contributed by atoms with Crippen LogP contribution in [-0.2, 0) is 20.7 Å². The lowest BCUT2D eigenvalue weighted by molar-refractivity contribution is -0.169. The van der Waals surface area contributed by atoms with Gasteiger partial charge in [0.1, 0.15) is 0 Å². The number of carboxylic acid groups (broad SMARTS) is 1. The lowest BCUT2D eigenvalue weighted by atomic mass is 9.78. The average molecular weight is 279 g/mol. The van der Waals surface area contributed by atoms with Gasteiger partial charge in [-0.3, -0.25) is 14.6 Å². The number of aromatic nitrogens is 1. The van der Waals surface area contributed by atoms with E-state index in [0.717, 1.165) is 5.56 Å². The van der Waals surface area contributed by atoms with Crippen molar-refractivity contribution in [2.75, 3.05) is 6.61 Å². The van der Waals surface area contributed by atoms with Crippen LogP contribution in [0, 0.1) is 5.41 Å². The van der Waals surface area contributed by atoms with Gasteiger partial charge in [0.05, 0.1) is 6.61 Å². The first-order chi connectivity index (χ1) is 9.56. The van der Waals surface area contributed by atoms with Crippen molar-refractivity contribution in [1.29, 1.82) is 0 Å². The lowest BCUT2D eigenvalue weighted by Gasteiger charge is -2.26. The number of hydrogen-bond donors (Lipinski definition) is 1. The molecule has 1 rings (SSSR count). The minimum atomic E-state index is -1.45. The molecule has 110 valence electrons. The second-order valence-corrected chi connectivity index (χ2v) is 4.71. The molecule has 0 bridgehead atoms. The van der Waals surface area contributed by atoms with Crippen LogP contribution in [-0.4, -0.2) is 28.6 Å². The van der Waals surface area contributed by atoms with Gasteiger partial charge in [-0.05, 0) is 43.9 Å². The van der Waals surface area contributed by atoms with Crippen LogP contribution in [0.25, 0.3) is 0 Å². The maximum atomic E-state index is 12.1. The molecule has 0 saturated carbocycles. The van der Waals surface area contributed by atoms with E-state index >= 15 is 0 Å². The molecule has 0 aromatic carbocycles. The number of esters is 1. The SMILES string of the molecule is CCCC(CCc1ccncc1)(C(=O)O)C(=O)OCC. The first kappa shape index (κ1) is 16.1. The highest BCUT2D eigenvalue weighted by Crippen LogP contribution is 2.32. The Morgan fingerprint density at radius 3 is 2.40 bits per heavy atom. The summed E-state index contributed by atoms with van der Waals surface area (Å²) in [7, 11) is 0. The van der Waals surface area contributed by atoms with E-state index in [1.54, 1.807) is 19.3 Å². The van der Waals surface area contributed by atoms with Crippen LogP contribution in [0.4, 0.5) is 0 Å². The average Bonchev–Trinajstić information content (AvgIpc) is 2.44. The molecule has 0 aliphatic rings. The van der Waals surface area contributed by atoms with Crippen molar-refractivity contribution >= 4 is 11.9 Å². The first-order valence-electron chi connectivity index (χ1n) is 6.86. The molecule has 1 heterocycles. The van der Waals surface area contributed by atoms with Gasteiger partial charge < -0.3 is 9.84 Å². The summed E-state index contributed by atoms with van der Waals surface area (Å²) < 4.78 is 4.98. The van der Waals surface area contributed by atoms with Gasteiger partial charge in [-0.2, -0.15) is 0 Å². The number of pyridine rings is 1. The number of aliphatic carboxylic acids is 1. The largest absolute Gasteiger partial charge is 0.480 e. The Balaban J connectivity index is 2.91. The predicted octanol–water partition coefficient (Wildman–Crippen LogP) is 2.45. The highest BCUT2D eigenvalue weighted by atomic mass is 16.5. The zero-order valence-electron chi connectivity index (χ0n) is 12.0. The van der Waals surface area contributed by atoms with Crippen LogP contribution in [0.3, 0.4) is 0 Å². The fraction of sp³-hybridized carbons (Fsp3) is 0.533. The van der Waals surface area contributed by atoms with Crippen LogP contribution in [0.5, 0.6) is 0 Å². The van der Waals surface area contributed by atoms with Gasteiger partial charge in [0.15, 0.2) is 5.41 Å². The fourth-order valence-corrected chi connectivity index (χ4v) is 2.23. The van der Waals surface area contributed by atoms with Crippen LogP contribution >= 0.6 is 0 Å². The van der Waals surface area contributed by atoms with Crippen molar-refractivity contribution in [3.8, 4) is 0 Å². The smallest absolute Gasteiger partial charge is 0.323 e. The van der Waals surface area contributed by atoms with E-state index in [9.17, 15) is 14.7 Å². The lowest BCUT2D eigenvalue weighted by Crippen LogP contribution is -2.41. The van der Waals surface area contributed by atoms with Gasteiger partial charge in [-0.1, -0.05) is 13.3 Å². The summed E-state index contributed by atoms with van der Waals surface area (Å²) in [6.45, 7) is 3.73. The quantitative estimate of drug-likeness (QED) is 0.584. The highest BCUT2D eigenvalue weighted by molar-refractivity contribution is 5.99. The zero-order valence-corrected chi connectivity index (χ0v) is 12.0. The van der Waals surface area contributed by atoms with Gasteiger partial charge in [-0.25, -0.2) is 0 Å². The molecular weight excluding hydrogens is 258 g/mol. The topological polar surface area (TPSA) is 76.5 Å². The minimum absolute atomic E-state index is 0.187. The number of hydrogen-bond acceptors (Lipinski definition) is 4. The van der Waals surface area contributed by atoms with E-state index in [-0.39, 0.29) is 19.4 Å². The van der Waals surface area contributed by atoms with Crippen molar-refractivity contribution in [2.24, 2.45) is 5.41 Å². The second-order valence-electron chi connectivity index (χ2n) is 4.71. The fourth-order valence-electron chi connectivity index (χ4n) is 2.23. The van der Waals surface area contributed by atoms with Crippen LogP contribution in [0.2, 0.25) is 0 Å². The van der Waals surface area contributed by atoms with Crippen LogP contribution in [0.15, 0.2) is 24.5 Å². The highest BCUT2D eigenvalue weighted by Gasteiger charge is 2.46. The first-order valence-corrected chi connectivity index (χ1v) is 6.86. The monoisotopic (exact) mass is 279 g/mol. The molecule has 1 atom stereocenters. The Bertz CT molecular complexity index is 446. The Labute approximate surface area is 119 Å². The molecule has 0 spiro atoms. The molecule has 5 heteroatoms. The summed E-state index contributed by atoms with van der Waals surface area (Å²) in [5.74, 6) is -1.74. The second kappa shape index (κ2) is 7.62. The third kappa shape index (κ3) is 3.79. The van der Waals surface area contributed by atoms with Gasteiger partial charge in [0.2, 0.25) is 0 Å². The summed E-state index contributed by atoms with van der Waals surface area (Å²) in [5.41, 5.74) is -0.486. The van der Waals surface area contributed by atoms with E-state index in [2.05, 4.69) is 4.98 Å². The Kier molecular flexibility index (Phi) is 6.15. The molecule has 20 heavy (non-hydrogen) atoms. The van der Waals surface area contributed by atoms with Crippen molar-refractivity contribution in [2.45, 2.75) is 39.5 Å². The van der Waals surface area contributed by atoms with E-state index in [1.165, 1.54) is 0 Å². The standard InChI is InChI=1S/C15H21NO4/c1-3-8-15(13(17)18,14(19)20-4-2)9-5-12-6-10-16-11-7-12/h6-7,10-11H,3-5,8-9H2,1-2H3,(H,17,18). The van der Waals surface area contributed by atoms with Gasteiger partial charge in [0.25, 0.3) is 0 Å². The van der Waals surface area contributed by atoms with Crippen molar-refractivity contribution in [1.82, 2.24) is 4.98 Å². The Hall–Kier alpha value is -1.91. The Morgan fingerprint density at radius 1 is 1.25 bits per heavy atom. The van der Waals surface area contributed by atoms with Gasteiger partial charge in [0, 0.05) is 12.4 Å². The molecule has 0 aliphatic carbocycles. The minimum Gasteiger partial charge on any atom is -0.480 e. The normalized spacial score (nSPS) is 13.5. The van der Waals surface area contributed by atoms with Crippen LogP contribution in [0.1, 0.15) is 38.7 Å². The number of ether oxygens (including phenoxy) is 1.